The lowest BCUT2D eigenvalue weighted by Gasteiger charge is -2.12. The van der Waals surface area contributed by atoms with Crippen LogP contribution in [0.1, 0.15) is 26.3 Å². The fourth-order valence-electron chi connectivity index (χ4n) is 1.63. The zero-order valence-electron chi connectivity index (χ0n) is 12.2. The van der Waals surface area contributed by atoms with E-state index in [0.717, 1.165) is 0 Å². The molecule has 0 aliphatic rings. The number of hydrogen-bond acceptors (Lipinski definition) is 4. The molecule has 0 aliphatic heterocycles. The summed E-state index contributed by atoms with van der Waals surface area (Å²) < 4.78 is 39.1. The lowest BCUT2D eigenvalue weighted by Crippen LogP contribution is -2.05. The van der Waals surface area contributed by atoms with Crippen LogP contribution in [-0.2, 0) is 9.53 Å². The third-order valence-electron chi connectivity index (χ3n) is 2.46. The Kier molecular flexibility index (Phi) is 6.65. The van der Waals surface area contributed by atoms with E-state index in [2.05, 4.69) is 4.74 Å². The smallest absolute Gasteiger partial charge is 0.387 e. The van der Waals surface area contributed by atoms with Gasteiger partial charge in [-0.1, -0.05) is 6.07 Å². The molecule has 0 amide bonds. The van der Waals surface area contributed by atoms with Crippen LogP contribution in [-0.4, -0.2) is 25.8 Å². The van der Waals surface area contributed by atoms with Crippen molar-refractivity contribution >= 4 is 12.0 Å². The van der Waals surface area contributed by atoms with Crippen LogP contribution in [0.3, 0.4) is 0 Å². The third-order valence-corrected chi connectivity index (χ3v) is 2.46. The molecular formula is C15H18F2O4. The number of rotatable bonds is 7. The molecule has 1 rings (SSSR count). The molecule has 0 saturated heterocycles. The van der Waals surface area contributed by atoms with Gasteiger partial charge >= 0.3 is 12.6 Å². The quantitative estimate of drug-likeness (QED) is 0.569. The van der Waals surface area contributed by atoms with Crippen molar-refractivity contribution in [3.63, 3.8) is 0 Å². The topological polar surface area (TPSA) is 44.8 Å². The van der Waals surface area contributed by atoms with Gasteiger partial charge in [0.25, 0.3) is 0 Å². The maximum absolute atomic E-state index is 12.3. The van der Waals surface area contributed by atoms with Crippen molar-refractivity contribution in [1.29, 1.82) is 0 Å². The fraction of sp³-hybridized carbons (Fsp3) is 0.400. The second kappa shape index (κ2) is 8.24. The predicted molar refractivity (Wildman–Crippen MR) is 74.5 cm³/mol. The third kappa shape index (κ3) is 5.41. The van der Waals surface area contributed by atoms with Crippen LogP contribution < -0.4 is 9.47 Å². The number of ether oxygens (including phenoxy) is 3. The molecule has 0 aliphatic carbocycles. The molecule has 0 bridgehead atoms. The van der Waals surface area contributed by atoms with Gasteiger partial charge in [0.15, 0.2) is 11.5 Å². The first-order chi connectivity index (χ1) is 9.97. The average molecular weight is 300 g/mol. The van der Waals surface area contributed by atoms with E-state index < -0.39 is 12.6 Å². The van der Waals surface area contributed by atoms with E-state index in [9.17, 15) is 13.6 Å². The number of carbonyl (C=O) groups is 1. The van der Waals surface area contributed by atoms with Gasteiger partial charge in [-0.05, 0) is 44.5 Å². The first-order valence-corrected chi connectivity index (χ1v) is 6.55. The Morgan fingerprint density at radius 1 is 1.24 bits per heavy atom. The molecule has 116 valence electrons. The van der Waals surface area contributed by atoms with Crippen LogP contribution in [0.15, 0.2) is 23.8 Å². The number of carbonyl (C=O) groups excluding carboxylic acids is 1. The fourth-order valence-corrected chi connectivity index (χ4v) is 1.63. The average Bonchev–Trinajstić information content (AvgIpc) is 2.41. The van der Waals surface area contributed by atoms with Gasteiger partial charge in [0.05, 0.1) is 13.2 Å². The maximum atomic E-state index is 12.3. The molecule has 0 N–H and O–H groups in total. The number of alkyl halides is 2. The van der Waals surface area contributed by atoms with Crippen LogP contribution in [0.2, 0.25) is 0 Å². The monoisotopic (exact) mass is 300 g/mol. The molecule has 0 heterocycles. The molecule has 0 unspecified atom stereocenters. The second-order valence-corrected chi connectivity index (χ2v) is 4.07. The highest BCUT2D eigenvalue weighted by Gasteiger charge is 2.12. The molecule has 21 heavy (non-hydrogen) atoms. The summed E-state index contributed by atoms with van der Waals surface area (Å²) >= 11 is 0. The Labute approximate surface area is 122 Å². The first-order valence-electron chi connectivity index (χ1n) is 6.55. The standard InChI is InChI=1S/C15H18F2O4/c1-4-19-13-9-11(6-7-12(13)21-15(16)17)8-10(3)14(18)20-5-2/h6-9,15H,4-5H2,1-3H3/b10-8+. The molecule has 0 aromatic heterocycles. The molecular weight excluding hydrogens is 282 g/mol. The molecule has 0 atom stereocenters. The van der Waals surface area contributed by atoms with E-state index in [4.69, 9.17) is 9.47 Å². The lowest BCUT2D eigenvalue weighted by atomic mass is 10.1. The Hall–Kier alpha value is -2.11. The molecule has 0 saturated carbocycles. The van der Waals surface area contributed by atoms with Crippen molar-refractivity contribution in [2.24, 2.45) is 0 Å². The molecule has 6 heteroatoms. The van der Waals surface area contributed by atoms with E-state index in [-0.39, 0.29) is 18.1 Å². The SMILES string of the molecule is CCOC(=O)/C(C)=C/c1ccc(OC(F)F)c(OCC)c1. The summed E-state index contributed by atoms with van der Waals surface area (Å²) in [5, 5.41) is 0. The number of hydrogen-bond donors (Lipinski definition) is 0. The van der Waals surface area contributed by atoms with Crippen LogP contribution in [0, 0.1) is 0 Å². The minimum absolute atomic E-state index is 0.0437. The minimum atomic E-state index is -2.92. The van der Waals surface area contributed by atoms with Crippen molar-refractivity contribution in [2.45, 2.75) is 27.4 Å². The number of benzene rings is 1. The summed E-state index contributed by atoms with van der Waals surface area (Å²) in [6, 6.07) is 4.47. The Morgan fingerprint density at radius 3 is 2.52 bits per heavy atom. The zero-order chi connectivity index (χ0) is 15.8. The van der Waals surface area contributed by atoms with Gasteiger partial charge in [0.2, 0.25) is 0 Å². The van der Waals surface area contributed by atoms with Gasteiger partial charge in [-0.25, -0.2) is 4.79 Å². The molecule has 1 aromatic rings. The highest BCUT2D eigenvalue weighted by molar-refractivity contribution is 5.93. The summed E-state index contributed by atoms with van der Waals surface area (Å²) in [6.45, 7) is 2.74. The van der Waals surface area contributed by atoms with Crippen molar-refractivity contribution in [3.8, 4) is 11.5 Å². The van der Waals surface area contributed by atoms with E-state index >= 15 is 0 Å². The van der Waals surface area contributed by atoms with Gasteiger partial charge in [-0.15, -0.1) is 0 Å². The number of esters is 1. The van der Waals surface area contributed by atoms with E-state index in [0.29, 0.717) is 17.7 Å². The molecule has 1 aromatic carbocycles. The van der Waals surface area contributed by atoms with Gasteiger partial charge in [0.1, 0.15) is 0 Å². The highest BCUT2D eigenvalue weighted by Crippen LogP contribution is 2.30. The van der Waals surface area contributed by atoms with Crippen molar-refractivity contribution in [1.82, 2.24) is 0 Å². The van der Waals surface area contributed by atoms with E-state index in [1.807, 2.05) is 0 Å². The summed E-state index contributed by atoms with van der Waals surface area (Å²) in [5.41, 5.74) is 1.03. The number of halogens is 2. The summed E-state index contributed by atoms with van der Waals surface area (Å²) in [4.78, 5) is 11.5. The maximum Gasteiger partial charge on any atom is 0.387 e. The van der Waals surface area contributed by atoms with Crippen LogP contribution >= 0.6 is 0 Å². The van der Waals surface area contributed by atoms with E-state index in [1.165, 1.54) is 12.1 Å². The molecule has 4 nitrogen and oxygen atoms in total. The molecule has 0 radical (unpaired) electrons. The van der Waals surface area contributed by atoms with Crippen LogP contribution in [0.5, 0.6) is 11.5 Å². The van der Waals surface area contributed by atoms with Gasteiger partial charge in [-0.3, -0.25) is 0 Å². The highest BCUT2D eigenvalue weighted by atomic mass is 19.3. The normalized spacial score (nSPS) is 11.4. The van der Waals surface area contributed by atoms with Gasteiger partial charge < -0.3 is 14.2 Å². The predicted octanol–water partition coefficient (Wildman–Crippen LogP) is 3.65. The summed E-state index contributed by atoms with van der Waals surface area (Å²) in [7, 11) is 0. The van der Waals surface area contributed by atoms with Crippen LogP contribution in [0.25, 0.3) is 6.08 Å². The largest absolute Gasteiger partial charge is 0.490 e. The zero-order valence-corrected chi connectivity index (χ0v) is 12.2. The van der Waals surface area contributed by atoms with Crippen molar-refractivity contribution in [2.75, 3.05) is 13.2 Å². The molecule has 0 fully saturated rings. The van der Waals surface area contributed by atoms with Crippen molar-refractivity contribution in [3.05, 3.63) is 29.3 Å². The molecule has 0 spiro atoms. The Bertz CT molecular complexity index is 512. The second-order valence-electron chi connectivity index (χ2n) is 4.07. The minimum Gasteiger partial charge on any atom is -0.490 e. The van der Waals surface area contributed by atoms with Gasteiger partial charge in [-0.2, -0.15) is 8.78 Å². The van der Waals surface area contributed by atoms with E-state index in [1.54, 1.807) is 32.9 Å². The summed E-state index contributed by atoms with van der Waals surface area (Å²) in [5.74, 6) is -0.274. The Balaban J connectivity index is 3.01. The Morgan fingerprint density at radius 2 is 1.95 bits per heavy atom. The lowest BCUT2D eigenvalue weighted by molar-refractivity contribution is -0.138. The van der Waals surface area contributed by atoms with Crippen LogP contribution in [0.4, 0.5) is 8.78 Å². The van der Waals surface area contributed by atoms with Gasteiger partial charge in [0, 0.05) is 5.57 Å². The first kappa shape index (κ1) is 16.9. The van der Waals surface area contributed by atoms with Crippen molar-refractivity contribution < 1.29 is 27.8 Å². The summed E-state index contributed by atoms with van der Waals surface area (Å²) in [6.07, 6.45) is 1.59.